The third kappa shape index (κ3) is 4.28. The van der Waals surface area contributed by atoms with Gasteiger partial charge in [-0.3, -0.25) is 4.79 Å². The molecule has 4 heteroatoms. The Labute approximate surface area is 123 Å². The number of rotatable bonds is 5. The van der Waals surface area contributed by atoms with E-state index >= 15 is 0 Å². The molecule has 0 spiro atoms. The number of aryl methyl sites for hydroxylation is 1. The van der Waals surface area contributed by atoms with Crippen LogP contribution >= 0.6 is 11.6 Å². The van der Waals surface area contributed by atoms with Crippen LogP contribution in [-0.2, 0) is 4.79 Å². The van der Waals surface area contributed by atoms with Crippen LogP contribution in [-0.4, -0.2) is 12.5 Å². The van der Waals surface area contributed by atoms with Crippen molar-refractivity contribution in [3.05, 3.63) is 59.1 Å². The quantitative estimate of drug-likeness (QED) is 0.901. The van der Waals surface area contributed by atoms with Crippen LogP contribution in [0.2, 0.25) is 5.02 Å². The van der Waals surface area contributed by atoms with Gasteiger partial charge in [0.05, 0.1) is 13.0 Å². The molecule has 0 saturated heterocycles. The number of carbonyl (C=O) groups excluding carboxylic acids is 1. The van der Waals surface area contributed by atoms with Gasteiger partial charge in [-0.1, -0.05) is 29.8 Å². The van der Waals surface area contributed by atoms with Crippen LogP contribution in [0.15, 0.2) is 48.5 Å². The van der Waals surface area contributed by atoms with Gasteiger partial charge in [0.25, 0.3) is 0 Å². The Bertz CT molecular complexity index is 584. The van der Waals surface area contributed by atoms with Crippen LogP contribution in [0.4, 0.5) is 5.69 Å². The number of para-hydroxylation sites is 1. The molecule has 20 heavy (non-hydrogen) atoms. The minimum Gasteiger partial charge on any atom is -0.493 e. The number of carbonyl (C=O) groups is 1. The van der Waals surface area contributed by atoms with E-state index in [-0.39, 0.29) is 5.91 Å². The molecule has 0 atom stereocenters. The van der Waals surface area contributed by atoms with Crippen molar-refractivity contribution in [3.63, 3.8) is 0 Å². The van der Waals surface area contributed by atoms with Crippen LogP contribution in [0, 0.1) is 6.92 Å². The number of hydrogen-bond acceptors (Lipinski definition) is 2. The molecule has 1 amide bonds. The second kappa shape index (κ2) is 6.96. The standard InChI is InChI=1S/C16H16ClNO2/c1-12-11-13(17)7-8-15(12)18-16(19)9-10-20-14-5-3-2-4-6-14/h2-8,11H,9-10H2,1H3,(H,18,19). The number of benzene rings is 2. The fourth-order valence-electron chi connectivity index (χ4n) is 1.76. The smallest absolute Gasteiger partial charge is 0.227 e. The molecule has 1 N–H and O–H groups in total. The minimum atomic E-state index is -0.0775. The van der Waals surface area contributed by atoms with Gasteiger partial charge in [0, 0.05) is 10.7 Å². The van der Waals surface area contributed by atoms with Crippen molar-refractivity contribution in [2.45, 2.75) is 13.3 Å². The van der Waals surface area contributed by atoms with E-state index < -0.39 is 0 Å². The van der Waals surface area contributed by atoms with E-state index in [0.29, 0.717) is 18.1 Å². The summed E-state index contributed by atoms with van der Waals surface area (Å²) in [6, 6.07) is 14.8. The molecular weight excluding hydrogens is 274 g/mol. The van der Waals surface area contributed by atoms with E-state index in [2.05, 4.69) is 5.32 Å². The predicted octanol–water partition coefficient (Wildman–Crippen LogP) is 4.06. The number of hydrogen-bond donors (Lipinski definition) is 1. The normalized spacial score (nSPS) is 10.1. The molecule has 0 aliphatic heterocycles. The Balaban J connectivity index is 1.81. The first-order valence-electron chi connectivity index (χ1n) is 6.39. The van der Waals surface area contributed by atoms with Crippen LogP contribution in [0.1, 0.15) is 12.0 Å². The molecule has 0 saturated carbocycles. The van der Waals surface area contributed by atoms with Crippen molar-refractivity contribution in [2.75, 3.05) is 11.9 Å². The van der Waals surface area contributed by atoms with Crippen molar-refractivity contribution >= 4 is 23.2 Å². The summed E-state index contributed by atoms with van der Waals surface area (Å²) >= 11 is 5.87. The van der Waals surface area contributed by atoms with E-state index in [1.165, 1.54) is 0 Å². The van der Waals surface area contributed by atoms with Crippen LogP contribution in [0.5, 0.6) is 5.75 Å². The first-order chi connectivity index (χ1) is 9.65. The Kier molecular flexibility index (Phi) is 5.02. The zero-order valence-corrected chi connectivity index (χ0v) is 12.0. The van der Waals surface area contributed by atoms with Gasteiger partial charge in [-0.15, -0.1) is 0 Å². The number of halogens is 1. The van der Waals surface area contributed by atoms with Gasteiger partial charge in [0.15, 0.2) is 0 Å². The third-order valence-electron chi connectivity index (χ3n) is 2.80. The zero-order chi connectivity index (χ0) is 14.4. The highest BCUT2D eigenvalue weighted by atomic mass is 35.5. The lowest BCUT2D eigenvalue weighted by molar-refractivity contribution is -0.116. The molecule has 0 aliphatic carbocycles. The Morgan fingerprint density at radius 2 is 1.95 bits per heavy atom. The van der Waals surface area contributed by atoms with Gasteiger partial charge in [0.2, 0.25) is 5.91 Å². The molecule has 0 fully saturated rings. The topological polar surface area (TPSA) is 38.3 Å². The lowest BCUT2D eigenvalue weighted by atomic mass is 10.2. The molecule has 0 aromatic heterocycles. The summed E-state index contributed by atoms with van der Waals surface area (Å²) in [5.74, 6) is 0.689. The lowest BCUT2D eigenvalue weighted by Crippen LogP contribution is -2.15. The molecule has 0 unspecified atom stereocenters. The van der Waals surface area contributed by atoms with Gasteiger partial charge in [0.1, 0.15) is 5.75 Å². The molecule has 0 aliphatic rings. The highest BCUT2D eigenvalue weighted by molar-refractivity contribution is 6.30. The Morgan fingerprint density at radius 3 is 2.65 bits per heavy atom. The molecule has 0 radical (unpaired) electrons. The first-order valence-corrected chi connectivity index (χ1v) is 6.77. The van der Waals surface area contributed by atoms with Gasteiger partial charge in [-0.2, -0.15) is 0 Å². The second-order valence-electron chi connectivity index (χ2n) is 4.42. The van der Waals surface area contributed by atoms with E-state index in [1.54, 1.807) is 12.1 Å². The van der Waals surface area contributed by atoms with Crippen molar-refractivity contribution in [1.82, 2.24) is 0 Å². The summed E-state index contributed by atoms with van der Waals surface area (Å²) in [5.41, 5.74) is 1.72. The molecule has 3 nitrogen and oxygen atoms in total. The maximum absolute atomic E-state index is 11.8. The summed E-state index contributed by atoms with van der Waals surface area (Å²) < 4.78 is 5.48. The average Bonchev–Trinajstić information content (AvgIpc) is 2.43. The average molecular weight is 290 g/mol. The number of amides is 1. The summed E-state index contributed by atoms with van der Waals surface area (Å²) in [4.78, 5) is 11.8. The zero-order valence-electron chi connectivity index (χ0n) is 11.2. The molecule has 2 aromatic carbocycles. The molecule has 0 bridgehead atoms. The molecule has 0 heterocycles. The van der Waals surface area contributed by atoms with Crippen molar-refractivity contribution in [3.8, 4) is 5.75 Å². The maximum Gasteiger partial charge on any atom is 0.227 e. The minimum absolute atomic E-state index is 0.0775. The molecule has 104 valence electrons. The number of anilines is 1. The highest BCUT2D eigenvalue weighted by Crippen LogP contribution is 2.19. The molecule has 2 rings (SSSR count). The fraction of sp³-hybridized carbons (Fsp3) is 0.188. The van der Waals surface area contributed by atoms with Crippen molar-refractivity contribution < 1.29 is 9.53 Å². The monoisotopic (exact) mass is 289 g/mol. The van der Waals surface area contributed by atoms with Crippen LogP contribution < -0.4 is 10.1 Å². The van der Waals surface area contributed by atoms with Gasteiger partial charge in [-0.25, -0.2) is 0 Å². The van der Waals surface area contributed by atoms with Crippen LogP contribution in [0.25, 0.3) is 0 Å². The summed E-state index contributed by atoms with van der Waals surface area (Å²) in [6.45, 7) is 2.25. The highest BCUT2D eigenvalue weighted by Gasteiger charge is 2.05. The van der Waals surface area contributed by atoms with Gasteiger partial charge >= 0.3 is 0 Å². The number of nitrogens with one attached hydrogen (secondary N) is 1. The number of ether oxygens (including phenoxy) is 1. The van der Waals surface area contributed by atoms with E-state index in [1.807, 2.05) is 43.3 Å². The lowest BCUT2D eigenvalue weighted by Gasteiger charge is -2.09. The predicted molar refractivity (Wildman–Crippen MR) is 81.4 cm³/mol. The SMILES string of the molecule is Cc1cc(Cl)ccc1NC(=O)CCOc1ccccc1. The van der Waals surface area contributed by atoms with E-state index in [9.17, 15) is 4.79 Å². The molecular formula is C16H16ClNO2. The molecule has 2 aromatic rings. The fourth-order valence-corrected chi connectivity index (χ4v) is 1.98. The van der Waals surface area contributed by atoms with E-state index in [4.69, 9.17) is 16.3 Å². The summed E-state index contributed by atoms with van der Waals surface area (Å²) in [5, 5.41) is 3.51. The van der Waals surface area contributed by atoms with Gasteiger partial charge < -0.3 is 10.1 Å². The Hall–Kier alpha value is -2.00. The van der Waals surface area contributed by atoms with Crippen molar-refractivity contribution in [1.29, 1.82) is 0 Å². The summed E-state index contributed by atoms with van der Waals surface area (Å²) in [6.07, 6.45) is 0.303. The maximum atomic E-state index is 11.8. The third-order valence-corrected chi connectivity index (χ3v) is 3.04. The van der Waals surface area contributed by atoms with E-state index in [0.717, 1.165) is 17.0 Å². The second-order valence-corrected chi connectivity index (χ2v) is 4.86. The summed E-state index contributed by atoms with van der Waals surface area (Å²) in [7, 11) is 0. The van der Waals surface area contributed by atoms with Crippen molar-refractivity contribution in [2.24, 2.45) is 0 Å². The largest absolute Gasteiger partial charge is 0.493 e. The van der Waals surface area contributed by atoms with Crippen LogP contribution in [0.3, 0.4) is 0 Å². The van der Waals surface area contributed by atoms with Gasteiger partial charge in [-0.05, 0) is 42.8 Å². The first kappa shape index (κ1) is 14.4. The Morgan fingerprint density at radius 1 is 1.20 bits per heavy atom.